The number of benzene rings is 1. The summed E-state index contributed by atoms with van der Waals surface area (Å²) in [6, 6.07) is 4.76. The fourth-order valence-corrected chi connectivity index (χ4v) is 5.93. The molecule has 0 bridgehead atoms. The lowest BCUT2D eigenvalue weighted by Gasteiger charge is -2.14. The van der Waals surface area contributed by atoms with Crippen molar-refractivity contribution in [1.29, 1.82) is 0 Å². The van der Waals surface area contributed by atoms with Crippen LogP contribution in [0.1, 0.15) is 0 Å². The van der Waals surface area contributed by atoms with Crippen LogP contribution in [0.4, 0.5) is 0 Å². The summed E-state index contributed by atoms with van der Waals surface area (Å²) in [6.07, 6.45) is 0. The summed E-state index contributed by atoms with van der Waals surface area (Å²) in [5.74, 6) is -0.504. The minimum Gasteiger partial charge on any atom is -0.229 e. The van der Waals surface area contributed by atoms with Gasteiger partial charge in [-0.1, -0.05) is 11.6 Å². The maximum Gasteiger partial charge on any atom is 0.240 e. The van der Waals surface area contributed by atoms with Gasteiger partial charge in [-0.25, -0.2) is 21.6 Å². The van der Waals surface area contributed by atoms with Crippen molar-refractivity contribution < 1.29 is 16.8 Å². The molecule has 9 heteroatoms. The summed E-state index contributed by atoms with van der Waals surface area (Å²) in [7, 11) is -7.09. The van der Waals surface area contributed by atoms with Crippen molar-refractivity contribution in [2.45, 2.75) is 16.3 Å². The Labute approximate surface area is 121 Å². The first-order chi connectivity index (χ1) is 8.70. The number of hydrogen-bond acceptors (Lipinski definition) is 4. The zero-order valence-corrected chi connectivity index (χ0v) is 12.7. The number of nitrogens with one attached hydrogen (secondary N) is 1. The van der Waals surface area contributed by atoms with E-state index in [4.69, 9.17) is 23.2 Å². The molecule has 1 aliphatic heterocycles. The molecule has 0 radical (unpaired) electrons. The lowest BCUT2D eigenvalue weighted by atomic mass is 10.3. The van der Waals surface area contributed by atoms with E-state index in [-0.39, 0.29) is 16.4 Å². The average molecular weight is 344 g/mol. The zero-order valence-electron chi connectivity index (χ0n) is 9.58. The first-order valence-electron chi connectivity index (χ1n) is 5.32. The lowest BCUT2D eigenvalue weighted by molar-refractivity contribution is 0.563. The second-order valence-electron chi connectivity index (χ2n) is 4.27. The smallest absolute Gasteiger partial charge is 0.229 e. The van der Waals surface area contributed by atoms with Crippen molar-refractivity contribution in [3.8, 4) is 0 Å². The van der Waals surface area contributed by atoms with Crippen LogP contribution in [0, 0.1) is 0 Å². The van der Waals surface area contributed by atoms with Gasteiger partial charge in [0.05, 0.1) is 27.8 Å². The first-order valence-corrected chi connectivity index (χ1v) is 9.44. The molecule has 0 amide bonds. The van der Waals surface area contributed by atoms with Crippen LogP contribution in [0.15, 0.2) is 29.2 Å². The van der Waals surface area contributed by atoms with Gasteiger partial charge in [-0.05, 0) is 24.3 Å². The Kier molecular flexibility index (Phi) is 4.13. The summed E-state index contributed by atoms with van der Waals surface area (Å²) < 4.78 is 49.2. The number of hydrogen-bond donors (Lipinski definition) is 1. The minimum absolute atomic E-state index is 0.0186. The Morgan fingerprint density at radius 3 is 2.21 bits per heavy atom. The molecule has 0 spiro atoms. The molecule has 0 aromatic heterocycles. The van der Waals surface area contributed by atoms with Crippen LogP contribution in [0.25, 0.3) is 0 Å². The van der Waals surface area contributed by atoms with Crippen LogP contribution >= 0.6 is 23.2 Å². The molecule has 19 heavy (non-hydrogen) atoms. The summed E-state index contributed by atoms with van der Waals surface area (Å²) in [4.78, 5) is 0.0186. The quantitative estimate of drug-likeness (QED) is 0.831. The van der Waals surface area contributed by atoms with Crippen LogP contribution in [0.5, 0.6) is 0 Å². The maximum atomic E-state index is 12.0. The van der Waals surface area contributed by atoms with Crippen molar-refractivity contribution in [3.05, 3.63) is 29.3 Å². The third kappa shape index (κ3) is 3.61. The highest BCUT2D eigenvalue weighted by molar-refractivity contribution is 7.92. The third-order valence-electron chi connectivity index (χ3n) is 2.71. The molecule has 5 nitrogen and oxygen atoms in total. The predicted octanol–water partition coefficient (Wildman–Crippen LogP) is 1.02. The molecule has 0 aliphatic carbocycles. The topological polar surface area (TPSA) is 80.3 Å². The second kappa shape index (κ2) is 5.21. The summed E-state index contributed by atoms with van der Waals surface area (Å²) >= 11 is 11.5. The Balaban J connectivity index is 2.21. The van der Waals surface area contributed by atoms with Crippen LogP contribution < -0.4 is 4.72 Å². The Hall–Kier alpha value is -0.340. The van der Waals surface area contributed by atoms with Crippen LogP contribution in [0.3, 0.4) is 0 Å². The van der Waals surface area contributed by atoms with Gasteiger partial charge in [0.2, 0.25) is 10.0 Å². The van der Waals surface area contributed by atoms with E-state index in [9.17, 15) is 16.8 Å². The number of alkyl halides is 1. The highest BCUT2D eigenvalue weighted by Crippen LogP contribution is 2.21. The van der Waals surface area contributed by atoms with Crippen LogP contribution in [-0.2, 0) is 19.9 Å². The van der Waals surface area contributed by atoms with Crippen molar-refractivity contribution in [2.24, 2.45) is 0 Å². The fraction of sp³-hybridized carbons (Fsp3) is 0.400. The molecule has 1 saturated heterocycles. The summed E-state index contributed by atoms with van der Waals surface area (Å²) in [5, 5.41) is -0.343. The van der Waals surface area contributed by atoms with Gasteiger partial charge >= 0.3 is 0 Å². The van der Waals surface area contributed by atoms with E-state index in [0.717, 1.165) is 0 Å². The van der Waals surface area contributed by atoms with Gasteiger partial charge in [-0.3, -0.25) is 0 Å². The molecule has 1 fully saturated rings. The first kappa shape index (κ1) is 15.1. The number of sulfonamides is 1. The van der Waals surface area contributed by atoms with Crippen molar-refractivity contribution >= 4 is 43.1 Å². The maximum absolute atomic E-state index is 12.0. The van der Waals surface area contributed by atoms with E-state index in [0.29, 0.717) is 5.02 Å². The molecule has 2 rings (SSSR count). The largest absolute Gasteiger partial charge is 0.240 e. The predicted molar refractivity (Wildman–Crippen MR) is 73.9 cm³/mol. The summed E-state index contributed by atoms with van der Waals surface area (Å²) in [5.41, 5.74) is 0. The van der Waals surface area contributed by atoms with Gasteiger partial charge < -0.3 is 0 Å². The van der Waals surface area contributed by atoms with Gasteiger partial charge in [-0.15, -0.1) is 11.6 Å². The van der Waals surface area contributed by atoms with E-state index < -0.39 is 31.3 Å². The number of rotatable bonds is 3. The molecule has 1 aromatic carbocycles. The van der Waals surface area contributed by atoms with E-state index >= 15 is 0 Å². The van der Waals surface area contributed by atoms with Gasteiger partial charge in [0.25, 0.3) is 0 Å². The standard InChI is InChI=1S/C10H11Cl2NO4S2/c11-7-1-3-8(4-2-7)19(16,17)13-10-6-18(14,15)5-9(10)12/h1-4,9-10,13H,5-6H2/t9-,10+/m0/s1. The highest BCUT2D eigenvalue weighted by Gasteiger charge is 2.38. The van der Waals surface area contributed by atoms with Gasteiger partial charge in [-0.2, -0.15) is 0 Å². The van der Waals surface area contributed by atoms with Crippen molar-refractivity contribution in [3.63, 3.8) is 0 Å². The van der Waals surface area contributed by atoms with E-state index in [2.05, 4.69) is 4.72 Å². The molecular weight excluding hydrogens is 333 g/mol. The second-order valence-corrected chi connectivity index (χ2v) is 9.14. The third-order valence-corrected chi connectivity index (χ3v) is 6.85. The molecule has 1 heterocycles. The Morgan fingerprint density at radius 1 is 1.16 bits per heavy atom. The van der Waals surface area contributed by atoms with Crippen LogP contribution in [-0.4, -0.2) is 39.8 Å². The van der Waals surface area contributed by atoms with Crippen molar-refractivity contribution in [1.82, 2.24) is 4.72 Å². The van der Waals surface area contributed by atoms with Gasteiger partial charge in [0.1, 0.15) is 0 Å². The van der Waals surface area contributed by atoms with Gasteiger partial charge in [0.15, 0.2) is 9.84 Å². The molecule has 0 saturated carbocycles. The molecule has 106 valence electrons. The molecule has 1 aromatic rings. The molecule has 1 aliphatic rings. The zero-order chi connectivity index (χ0) is 14.3. The summed E-state index contributed by atoms with van der Waals surface area (Å²) in [6.45, 7) is 0. The number of sulfone groups is 1. The molecule has 2 atom stereocenters. The Bertz CT molecular complexity index is 670. The molecular formula is C10H11Cl2NO4S2. The Morgan fingerprint density at radius 2 is 1.74 bits per heavy atom. The highest BCUT2D eigenvalue weighted by atomic mass is 35.5. The van der Waals surface area contributed by atoms with E-state index in [1.54, 1.807) is 0 Å². The SMILES string of the molecule is O=S1(=O)C[C@H](Cl)[C@H](NS(=O)(=O)c2ccc(Cl)cc2)C1. The van der Waals surface area contributed by atoms with Crippen LogP contribution in [0.2, 0.25) is 5.02 Å². The van der Waals surface area contributed by atoms with E-state index in [1.807, 2.05) is 0 Å². The number of halogens is 2. The van der Waals surface area contributed by atoms with E-state index in [1.165, 1.54) is 24.3 Å². The lowest BCUT2D eigenvalue weighted by Crippen LogP contribution is -2.40. The van der Waals surface area contributed by atoms with Gasteiger partial charge in [0, 0.05) is 5.02 Å². The monoisotopic (exact) mass is 343 g/mol. The minimum atomic E-state index is -3.80. The van der Waals surface area contributed by atoms with Crippen molar-refractivity contribution in [2.75, 3.05) is 11.5 Å². The normalized spacial score (nSPS) is 26.4. The average Bonchev–Trinajstić information content (AvgIpc) is 2.51. The molecule has 0 unspecified atom stereocenters. The molecule has 1 N–H and O–H groups in total. The fourth-order valence-electron chi connectivity index (χ4n) is 1.79.